The van der Waals surface area contributed by atoms with E-state index < -0.39 is 11.7 Å². The van der Waals surface area contributed by atoms with Crippen LogP contribution >= 0.6 is 23.2 Å². The Balaban J connectivity index is 2.09. The molecule has 0 fully saturated rings. The van der Waals surface area contributed by atoms with E-state index in [1.807, 2.05) is 0 Å². The van der Waals surface area contributed by atoms with Gasteiger partial charge in [-0.05, 0) is 41.3 Å². The minimum atomic E-state index is -4.40. The molecule has 0 saturated carbocycles. The van der Waals surface area contributed by atoms with E-state index >= 15 is 0 Å². The molecular formula is C18H12Cl2F3NO. The third-order valence-corrected chi connectivity index (χ3v) is 4.97. The first kappa shape index (κ1) is 17.8. The van der Waals surface area contributed by atoms with Gasteiger partial charge in [0, 0.05) is 35.3 Å². The van der Waals surface area contributed by atoms with Crippen LogP contribution in [0.1, 0.15) is 27.2 Å². The van der Waals surface area contributed by atoms with E-state index in [0.29, 0.717) is 39.8 Å². The van der Waals surface area contributed by atoms with Gasteiger partial charge in [0.15, 0.2) is 6.29 Å². The quantitative estimate of drug-likeness (QED) is 0.513. The lowest BCUT2D eigenvalue weighted by Gasteiger charge is -2.10. The number of carbonyl (C=O) groups excluding carboxylic acids is 1. The maximum absolute atomic E-state index is 12.9. The first-order valence-electron chi connectivity index (χ1n) is 7.30. The summed E-state index contributed by atoms with van der Waals surface area (Å²) >= 11 is 12.4. The number of alkyl halides is 3. The van der Waals surface area contributed by atoms with Gasteiger partial charge >= 0.3 is 6.18 Å². The van der Waals surface area contributed by atoms with Gasteiger partial charge in [-0.15, -0.1) is 0 Å². The van der Waals surface area contributed by atoms with Gasteiger partial charge < -0.3 is 4.57 Å². The SMILES string of the molecule is Cn1c(Cc2c(Cl)ccc(C=O)c2Cl)cc2ccc(C(F)(F)F)cc21. The number of nitrogens with zero attached hydrogens (tertiary/aromatic N) is 1. The normalized spacial score (nSPS) is 11.9. The Bertz CT molecular complexity index is 977. The third kappa shape index (κ3) is 3.26. The molecule has 0 aliphatic rings. The molecule has 130 valence electrons. The monoisotopic (exact) mass is 385 g/mol. The number of hydrogen-bond donors (Lipinski definition) is 0. The van der Waals surface area contributed by atoms with E-state index in [0.717, 1.165) is 17.8 Å². The number of benzene rings is 2. The molecular weight excluding hydrogens is 374 g/mol. The Morgan fingerprint density at radius 3 is 2.48 bits per heavy atom. The Morgan fingerprint density at radius 1 is 1.12 bits per heavy atom. The van der Waals surface area contributed by atoms with Crippen molar-refractivity contribution in [2.75, 3.05) is 0 Å². The highest BCUT2D eigenvalue weighted by Gasteiger charge is 2.30. The largest absolute Gasteiger partial charge is 0.416 e. The fourth-order valence-corrected chi connectivity index (χ4v) is 3.33. The van der Waals surface area contributed by atoms with Crippen molar-refractivity contribution < 1.29 is 18.0 Å². The van der Waals surface area contributed by atoms with E-state index in [1.165, 1.54) is 12.1 Å². The van der Waals surface area contributed by atoms with Crippen LogP contribution in [0.15, 0.2) is 36.4 Å². The van der Waals surface area contributed by atoms with Crippen LogP contribution < -0.4 is 0 Å². The van der Waals surface area contributed by atoms with Crippen molar-refractivity contribution in [1.29, 1.82) is 0 Å². The van der Waals surface area contributed by atoms with Gasteiger partial charge in [0.2, 0.25) is 0 Å². The zero-order chi connectivity index (χ0) is 18.4. The molecule has 7 heteroatoms. The summed E-state index contributed by atoms with van der Waals surface area (Å²) in [5.41, 5.74) is 1.38. The molecule has 2 nitrogen and oxygen atoms in total. The van der Waals surface area contributed by atoms with Crippen LogP contribution in [0, 0.1) is 0 Å². The van der Waals surface area contributed by atoms with Crippen molar-refractivity contribution in [3.63, 3.8) is 0 Å². The summed E-state index contributed by atoms with van der Waals surface area (Å²) in [5.74, 6) is 0. The molecule has 0 unspecified atom stereocenters. The minimum absolute atomic E-state index is 0.253. The highest BCUT2D eigenvalue weighted by atomic mass is 35.5. The first-order chi connectivity index (χ1) is 11.7. The summed E-state index contributed by atoms with van der Waals surface area (Å²) in [6.45, 7) is 0. The molecule has 0 spiro atoms. The number of aldehydes is 1. The molecule has 0 radical (unpaired) electrons. The lowest BCUT2D eigenvalue weighted by molar-refractivity contribution is -0.137. The molecule has 1 aromatic heterocycles. The van der Waals surface area contributed by atoms with E-state index in [4.69, 9.17) is 23.2 Å². The van der Waals surface area contributed by atoms with Crippen LogP contribution in [0.2, 0.25) is 10.0 Å². The second-order valence-electron chi connectivity index (χ2n) is 5.69. The van der Waals surface area contributed by atoms with Gasteiger partial charge in [0.1, 0.15) is 0 Å². The van der Waals surface area contributed by atoms with Crippen LogP contribution in [0.4, 0.5) is 13.2 Å². The minimum Gasteiger partial charge on any atom is -0.347 e. The van der Waals surface area contributed by atoms with Crippen molar-refractivity contribution in [2.45, 2.75) is 12.6 Å². The van der Waals surface area contributed by atoms with Gasteiger partial charge in [-0.3, -0.25) is 4.79 Å². The standard InChI is InChI=1S/C18H12Cl2F3NO/c1-24-13(8-14-15(19)5-3-11(9-25)17(14)20)6-10-2-4-12(7-16(10)24)18(21,22)23/h2-7,9H,8H2,1H3. The number of rotatable bonds is 3. The molecule has 0 N–H and O–H groups in total. The van der Waals surface area contributed by atoms with Crippen molar-refractivity contribution >= 4 is 40.4 Å². The van der Waals surface area contributed by atoms with Crippen LogP contribution in [0.3, 0.4) is 0 Å². The second kappa shape index (κ2) is 6.39. The predicted molar refractivity (Wildman–Crippen MR) is 92.6 cm³/mol. The molecule has 0 bridgehead atoms. The molecule has 0 saturated heterocycles. The first-order valence-corrected chi connectivity index (χ1v) is 8.05. The molecule has 0 amide bonds. The van der Waals surface area contributed by atoms with Crippen LogP contribution in [-0.4, -0.2) is 10.9 Å². The predicted octanol–water partition coefficient (Wildman–Crippen LogP) is 5.91. The van der Waals surface area contributed by atoms with E-state index in [9.17, 15) is 18.0 Å². The second-order valence-corrected chi connectivity index (χ2v) is 6.47. The third-order valence-electron chi connectivity index (χ3n) is 4.17. The number of hydrogen-bond acceptors (Lipinski definition) is 1. The lowest BCUT2D eigenvalue weighted by atomic mass is 10.1. The summed E-state index contributed by atoms with van der Waals surface area (Å²) in [5, 5.41) is 1.34. The molecule has 3 rings (SSSR count). The maximum atomic E-state index is 12.9. The summed E-state index contributed by atoms with van der Waals surface area (Å²) in [7, 11) is 1.68. The topological polar surface area (TPSA) is 22.0 Å². The number of aromatic nitrogens is 1. The zero-order valence-electron chi connectivity index (χ0n) is 13.0. The Kier molecular flexibility index (Phi) is 4.56. The molecule has 2 aromatic carbocycles. The van der Waals surface area contributed by atoms with E-state index in [2.05, 4.69) is 0 Å². The number of fused-ring (bicyclic) bond motifs is 1. The highest BCUT2D eigenvalue weighted by molar-refractivity contribution is 6.37. The van der Waals surface area contributed by atoms with Crippen molar-refractivity contribution in [3.05, 3.63) is 68.8 Å². The Morgan fingerprint density at radius 2 is 1.84 bits per heavy atom. The summed E-state index contributed by atoms with van der Waals surface area (Å²) in [6.07, 6.45) is -3.46. The molecule has 0 aliphatic heterocycles. The Labute approximate surface area is 151 Å². The van der Waals surface area contributed by atoms with Gasteiger partial charge in [-0.2, -0.15) is 13.2 Å². The molecule has 25 heavy (non-hydrogen) atoms. The number of aryl methyl sites for hydroxylation is 1. The van der Waals surface area contributed by atoms with Crippen molar-refractivity contribution in [1.82, 2.24) is 4.57 Å². The fraction of sp³-hybridized carbons (Fsp3) is 0.167. The maximum Gasteiger partial charge on any atom is 0.416 e. The lowest BCUT2D eigenvalue weighted by Crippen LogP contribution is -2.05. The number of halogens is 5. The molecule has 0 aliphatic carbocycles. The van der Waals surface area contributed by atoms with Gasteiger partial charge in [0.25, 0.3) is 0 Å². The summed E-state index contributed by atoms with van der Waals surface area (Å²) in [4.78, 5) is 11.0. The Hall–Kier alpha value is -1.98. The van der Waals surface area contributed by atoms with E-state index in [1.54, 1.807) is 23.7 Å². The van der Waals surface area contributed by atoms with Gasteiger partial charge in [-0.1, -0.05) is 29.3 Å². The van der Waals surface area contributed by atoms with Crippen LogP contribution in [-0.2, 0) is 19.6 Å². The van der Waals surface area contributed by atoms with E-state index in [-0.39, 0.29) is 5.02 Å². The zero-order valence-corrected chi connectivity index (χ0v) is 14.5. The molecule has 0 atom stereocenters. The van der Waals surface area contributed by atoms with Crippen molar-refractivity contribution in [2.24, 2.45) is 7.05 Å². The van der Waals surface area contributed by atoms with Crippen LogP contribution in [0.5, 0.6) is 0 Å². The number of carbonyl (C=O) groups is 1. The highest BCUT2D eigenvalue weighted by Crippen LogP contribution is 2.34. The average molecular weight is 386 g/mol. The molecule has 1 heterocycles. The average Bonchev–Trinajstić information content (AvgIpc) is 2.86. The van der Waals surface area contributed by atoms with Crippen molar-refractivity contribution in [3.8, 4) is 0 Å². The van der Waals surface area contributed by atoms with Crippen LogP contribution in [0.25, 0.3) is 10.9 Å². The fourth-order valence-electron chi connectivity index (χ4n) is 2.78. The van der Waals surface area contributed by atoms with Gasteiger partial charge in [-0.25, -0.2) is 0 Å². The molecule has 3 aromatic rings. The smallest absolute Gasteiger partial charge is 0.347 e. The summed E-state index contributed by atoms with van der Waals surface area (Å²) in [6, 6.07) is 8.50. The van der Waals surface area contributed by atoms with Gasteiger partial charge in [0.05, 0.1) is 10.6 Å². The summed E-state index contributed by atoms with van der Waals surface area (Å²) < 4.78 is 40.4.